The van der Waals surface area contributed by atoms with Crippen molar-refractivity contribution in [2.75, 3.05) is 5.32 Å². The Morgan fingerprint density at radius 3 is 2.36 bits per heavy atom. The SMILES string of the molecule is CCn1c2ccccc2c2cc(CNc3nc4ccccc4n3CCCC(F)(F)F)ccc21. The highest BCUT2D eigenvalue weighted by molar-refractivity contribution is 6.08. The molecule has 2 heterocycles. The fraction of sp³-hybridized carbons (Fsp3) is 0.269. The van der Waals surface area contributed by atoms with Crippen LogP contribution in [0.25, 0.3) is 32.8 Å². The number of para-hydroxylation sites is 3. The first-order valence-corrected chi connectivity index (χ1v) is 11.2. The summed E-state index contributed by atoms with van der Waals surface area (Å²) in [5, 5.41) is 5.78. The molecule has 7 heteroatoms. The van der Waals surface area contributed by atoms with Crippen molar-refractivity contribution in [3.05, 3.63) is 72.3 Å². The Morgan fingerprint density at radius 1 is 0.848 bits per heavy atom. The Labute approximate surface area is 189 Å². The van der Waals surface area contributed by atoms with Gasteiger partial charge in [0.2, 0.25) is 5.95 Å². The van der Waals surface area contributed by atoms with Crippen molar-refractivity contribution in [3.8, 4) is 0 Å². The van der Waals surface area contributed by atoms with Gasteiger partial charge in [-0.3, -0.25) is 0 Å². The van der Waals surface area contributed by atoms with E-state index in [1.54, 1.807) is 0 Å². The van der Waals surface area contributed by atoms with E-state index in [0.29, 0.717) is 12.5 Å². The standard InChI is InChI=1S/C26H25F3N4/c1-2-32-22-10-5-3-8-19(22)20-16-18(12-13-23(20)32)17-30-25-31-21-9-4-6-11-24(21)33(25)15-7-14-26(27,28)29/h3-6,8-13,16H,2,7,14-15,17H2,1H3,(H,30,31). The summed E-state index contributed by atoms with van der Waals surface area (Å²) in [6.07, 6.45) is -4.95. The van der Waals surface area contributed by atoms with Gasteiger partial charge in [0.25, 0.3) is 0 Å². The Bertz CT molecular complexity index is 1430. The summed E-state index contributed by atoms with van der Waals surface area (Å²) in [4.78, 5) is 4.64. The number of benzene rings is 3. The minimum Gasteiger partial charge on any atom is -0.352 e. The van der Waals surface area contributed by atoms with Gasteiger partial charge in [-0.1, -0.05) is 36.4 Å². The molecule has 0 aliphatic carbocycles. The molecule has 33 heavy (non-hydrogen) atoms. The summed E-state index contributed by atoms with van der Waals surface area (Å²) in [6.45, 7) is 3.82. The quantitative estimate of drug-likeness (QED) is 0.287. The minimum atomic E-state index is -4.16. The molecular formula is C26H25F3N4. The van der Waals surface area contributed by atoms with E-state index in [1.807, 2.05) is 28.8 Å². The van der Waals surface area contributed by atoms with Crippen LogP contribution in [0.4, 0.5) is 19.1 Å². The lowest BCUT2D eigenvalue weighted by Gasteiger charge is -2.12. The third-order valence-corrected chi connectivity index (χ3v) is 6.10. The highest BCUT2D eigenvalue weighted by Crippen LogP contribution is 2.30. The fourth-order valence-electron chi connectivity index (χ4n) is 4.61. The highest BCUT2D eigenvalue weighted by Gasteiger charge is 2.26. The number of anilines is 1. The number of hydrogen-bond acceptors (Lipinski definition) is 2. The van der Waals surface area contributed by atoms with Gasteiger partial charge in [0.05, 0.1) is 11.0 Å². The largest absolute Gasteiger partial charge is 0.389 e. The molecule has 5 aromatic rings. The van der Waals surface area contributed by atoms with Gasteiger partial charge in [-0.2, -0.15) is 13.2 Å². The molecule has 0 amide bonds. The average molecular weight is 451 g/mol. The van der Waals surface area contributed by atoms with Gasteiger partial charge in [0.15, 0.2) is 0 Å². The van der Waals surface area contributed by atoms with Crippen LogP contribution in [0.3, 0.4) is 0 Å². The second-order valence-corrected chi connectivity index (χ2v) is 8.26. The van der Waals surface area contributed by atoms with Crippen LogP contribution in [-0.4, -0.2) is 20.3 Å². The zero-order chi connectivity index (χ0) is 23.0. The third kappa shape index (κ3) is 4.15. The average Bonchev–Trinajstić information content (AvgIpc) is 3.32. The summed E-state index contributed by atoms with van der Waals surface area (Å²) in [7, 11) is 0. The Morgan fingerprint density at radius 2 is 1.58 bits per heavy atom. The number of rotatable bonds is 7. The van der Waals surface area contributed by atoms with Crippen LogP contribution in [-0.2, 0) is 19.6 Å². The van der Waals surface area contributed by atoms with Crippen molar-refractivity contribution in [1.82, 2.24) is 14.1 Å². The highest BCUT2D eigenvalue weighted by atomic mass is 19.4. The molecule has 0 fully saturated rings. The molecule has 5 rings (SSSR count). The predicted molar refractivity (Wildman–Crippen MR) is 127 cm³/mol. The molecule has 0 radical (unpaired) electrons. The van der Waals surface area contributed by atoms with Gasteiger partial charge < -0.3 is 14.5 Å². The number of aryl methyl sites for hydroxylation is 2. The number of alkyl halides is 3. The topological polar surface area (TPSA) is 34.8 Å². The molecule has 2 aromatic heterocycles. The van der Waals surface area contributed by atoms with Crippen molar-refractivity contribution >= 4 is 38.8 Å². The van der Waals surface area contributed by atoms with E-state index < -0.39 is 12.6 Å². The summed E-state index contributed by atoms with van der Waals surface area (Å²) in [6, 6.07) is 22.4. The zero-order valence-electron chi connectivity index (χ0n) is 18.4. The van der Waals surface area contributed by atoms with Crippen molar-refractivity contribution in [2.45, 2.75) is 45.6 Å². The van der Waals surface area contributed by atoms with E-state index in [-0.39, 0.29) is 13.0 Å². The molecule has 1 N–H and O–H groups in total. The molecule has 0 atom stereocenters. The van der Waals surface area contributed by atoms with E-state index in [2.05, 4.69) is 64.3 Å². The second kappa shape index (κ2) is 8.46. The van der Waals surface area contributed by atoms with Gasteiger partial charge in [-0.15, -0.1) is 0 Å². The van der Waals surface area contributed by atoms with Crippen molar-refractivity contribution < 1.29 is 13.2 Å². The monoisotopic (exact) mass is 450 g/mol. The number of aromatic nitrogens is 3. The first-order chi connectivity index (χ1) is 15.9. The van der Waals surface area contributed by atoms with Crippen molar-refractivity contribution in [3.63, 3.8) is 0 Å². The number of hydrogen-bond donors (Lipinski definition) is 1. The van der Waals surface area contributed by atoms with Gasteiger partial charge in [-0.25, -0.2) is 4.98 Å². The van der Waals surface area contributed by atoms with E-state index in [9.17, 15) is 13.2 Å². The van der Waals surface area contributed by atoms with Gasteiger partial charge in [0.1, 0.15) is 0 Å². The van der Waals surface area contributed by atoms with Gasteiger partial charge in [-0.05, 0) is 49.2 Å². The van der Waals surface area contributed by atoms with Gasteiger partial charge >= 0.3 is 6.18 Å². The lowest BCUT2D eigenvalue weighted by Crippen LogP contribution is -2.11. The molecule has 170 valence electrons. The summed E-state index contributed by atoms with van der Waals surface area (Å²) in [5.41, 5.74) is 5.11. The molecule has 0 unspecified atom stereocenters. The second-order valence-electron chi connectivity index (χ2n) is 8.26. The molecule has 0 saturated carbocycles. The molecular weight excluding hydrogens is 425 g/mol. The number of nitrogens with zero attached hydrogens (tertiary/aromatic N) is 3. The lowest BCUT2D eigenvalue weighted by atomic mass is 10.1. The maximum Gasteiger partial charge on any atom is 0.389 e. The normalized spacial score (nSPS) is 12.2. The van der Waals surface area contributed by atoms with Crippen LogP contribution in [0.2, 0.25) is 0 Å². The Kier molecular flexibility index (Phi) is 5.48. The van der Waals surface area contributed by atoms with Crippen LogP contribution < -0.4 is 5.32 Å². The maximum atomic E-state index is 12.7. The summed E-state index contributed by atoms with van der Waals surface area (Å²) >= 11 is 0. The van der Waals surface area contributed by atoms with Crippen LogP contribution in [0.15, 0.2) is 66.7 Å². The van der Waals surface area contributed by atoms with Crippen LogP contribution in [0.1, 0.15) is 25.3 Å². The predicted octanol–water partition coefficient (Wildman–Crippen LogP) is 7.12. The Balaban J connectivity index is 1.43. The maximum absolute atomic E-state index is 12.7. The molecule has 0 bridgehead atoms. The summed E-state index contributed by atoms with van der Waals surface area (Å²) < 4.78 is 42.2. The number of halogens is 3. The van der Waals surface area contributed by atoms with E-state index in [4.69, 9.17) is 0 Å². The van der Waals surface area contributed by atoms with Crippen molar-refractivity contribution in [2.24, 2.45) is 0 Å². The number of fused-ring (bicyclic) bond motifs is 4. The van der Waals surface area contributed by atoms with Crippen LogP contribution in [0, 0.1) is 0 Å². The zero-order valence-corrected chi connectivity index (χ0v) is 18.4. The molecule has 4 nitrogen and oxygen atoms in total. The first-order valence-electron chi connectivity index (χ1n) is 11.2. The molecule has 0 aliphatic rings. The summed E-state index contributed by atoms with van der Waals surface area (Å²) in [5.74, 6) is 0.592. The Hall–Kier alpha value is -3.48. The molecule has 0 spiro atoms. The molecule has 0 saturated heterocycles. The fourth-order valence-corrected chi connectivity index (χ4v) is 4.61. The van der Waals surface area contributed by atoms with Gasteiger partial charge in [0, 0.05) is 47.9 Å². The third-order valence-electron chi connectivity index (χ3n) is 6.10. The lowest BCUT2D eigenvalue weighted by molar-refractivity contribution is -0.135. The number of nitrogens with one attached hydrogen (secondary N) is 1. The van der Waals surface area contributed by atoms with E-state index in [0.717, 1.165) is 23.1 Å². The smallest absolute Gasteiger partial charge is 0.352 e. The van der Waals surface area contributed by atoms with E-state index >= 15 is 0 Å². The molecule has 0 aliphatic heterocycles. The van der Waals surface area contributed by atoms with Crippen LogP contribution >= 0.6 is 0 Å². The molecule has 3 aromatic carbocycles. The number of imidazole rings is 1. The van der Waals surface area contributed by atoms with Crippen molar-refractivity contribution in [1.29, 1.82) is 0 Å². The first kappa shape index (κ1) is 21.4. The van der Waals surface area contributed by atoms with E-state index in [1.165, 1.54) is 21.8 Å². The minimum absolute atomic E-state index is 0.0149. The van der Waals surface area contributed by atoms with Crippen LogP contribution in [0.5, 0.6) is 0 Å².